The number of carbonyl (C=O) groups is 3. The summed E-state index contributed by atoms with van der Waals surface area (Å²) in [5.41, 5.74) is 1.88. The number of amides is 2. The molecule has 0 spiro atoms. The van der Waals surface area contributed by atoms with Gasteiger partial charge in [0.25, 0.3) is 5.91 Å². The van der Waals surface area contributed by atoms with Crippen molar-refractivity contribution in [2.45, 2.75) is 13.3 Å². The first-order chi connectivity index (χ1) is 11.5. The summed E-state index contributed by atoms with van der Waals surface area (Å²) in [5, 5.41) is 2.60. The van der Waals surface area contributed by atoms with Crippen LogP contribution in [0.4, 0.5) is 0 Å². The van der Waals surface area contributed by atoms with E-state index in [0.717, 1.165) is 11.1 Å². The average Bonchev–Trinajstić information content (AvgIpc) is 2.87. The molecule has 24 heavy (non-hydrogen) atoms. The number of thioether (sulfide) groups is 1. The van der Waals surface area contributed by atoms with Gasteiger partial charge in [0.15, 0.2) is 6.61 Å². The number of carbonyl (C=O) groups excluding carboxylic acids is 3. The third-order valence-electron chi connectivity index (χ3n) is 3.46. The lowest BCUT2D eigenvalue weighted by Gasteiger charge is -2.15. The molecule has 1 aliphatic heterocycles. The number of benzene rings is 1. The molecule has 1 N–H and O–H groups in total. The van der Waals surface area contributed by atoms with Gasteiger partial charge in [-0.2, -0.15) is 0 Å². The number of ether oxygens (including phenoxy) is 1. The van der Waals surface area contributed by atoms with E-state index in [1.807, 2.05) is 31.2 Å². The number of esters is 1. The second-order valence-electron chi connectivity index (χ2n) is 5.21. The summed E-state index contributed by atoms with van der Waals surface area (Å²) in [4.78, 5) is 36.4. The third-order valence-corrected chi connectivity index (χ3v) is 4.89. The lowest BCUT2D eigenvalue weighted by Crippen LogP contribution is -2.38. The van der Waals surface area contributed by atoms with Crippen molar-refractivity contribution >= 4 is 46.1 Å². The first-order valence-electron chi connectivity index (χ1n) is 7.41. The van der Waals surface area contributed by atoms with Crippen LogP contribution in [0, 0.1) is 6.92 Å². The molecule has 1 heterocycles. The molecule has 0 aromatic heterocycles. The number of hydrogen-bond donors (Lipinski definition) is 1. The SMILES string of the molecule is Cc1ccccc1CC(=O)OCC(=O)NCCN1C(=O)CSC1=S. The van der Waals surface area contributed by atoms with Crippen molar-refractivity contribution in [1.29, 1.82) is 0 Å². The minimum absolute atomic E-state index is 0.0519. The maximum absolute atomic E-state index is 11.8. The van der Waals surface area contributed by atoms with Crippen molar-refractivity contribution < 1.29 is 19.1 Å². The molecule has 8 heteroatoms. The molecule has 0 aliphatic carbocycles. The van der Waals surface area contributed by atoms with Crippen LogP contribution in [0.1, 0.15) is 11.1 Å². The highest BCUT2D eigenvalue weighted by Crippen LogP contribution is 2.18. The summed E-state index contributed by atoms with van der Waals surface area (Å²) >= 11 is 6.35. The number of rotatable bonds is 7. The highest BCUT2D eigenvalue weighted by molar-refractivity contribution is 8.23. The molecular weight excluding hydrogens is 348 g/mol. The number of thiocarbonyl (C=S) groups is 1. The van der Waals surface area contributed by atoms with Gasteiger partial charge in [0.2, 0.25) is 5.91 Å². The Morgan fingerprint density at radius 1 is 1.38 bits per heavy atom. The van der Waals surface area contributed by atoms with Crippen molar-refractivity contribution in [2.24, 2.45) is 0 Å². The van der Waals surface area contributed by atoms with Crippen molar-refractivity contribution in [1.82, 2.24) is 10.2 Å². The molecule has 0 radical (unpaired) electrons. The molecule has 128 valence electrons. The zero-order valence-electron chi connectivity index (χ0n) is 13.2. The smallest absolute Gasteiger partial charge is 0.310 e. The third kappa shape index (κ3) is 5.31. The summed E-state index contributed by atoms with van der Waals surface area (Å²) in [6.45, 7) is 2.17. The van der Waals surface area contributed by atoms with Crippen LogP contribution < -0.4 is 5.32 Å². The van der Waals surface area contributed by atoms with Gasteiger partial charge in [0.05, 0.1) is 12.2 Å². The van der Waals surface area contributed by atoms with Crippen molar-refractivity contribution in [2.75, 3.05) is 25.4 Å². The molecule has 1 aromatic rings. The molecule has 6 nitrogen and oxygen atoms in total. The lowest BCUT2D eigenvalue weighted by molar-refractivity contribution is -0.147. The Hall–Kier alpha value is -1.93. The molecule has 1 aromatic carbocycles. The minimum atomic E-state index is -0.452. The average molecular weight is 366 g/mol. The number of hydrogen-bond acceptors (Lipinski definition) is 6. The minimum Gasteiger partial charge on any atom is -0.455 e. The van der Waals surface area contributed by atoms with Crippen LogP contribution in [0.2, 0.25) is 0 Å². The lowest BCUT2D eigenvalue weighted by atomic mass is 10.1. The van der Waals surface area contributed by atoms with Crippen LogP contribution in [-0.2, 0) is 25.5 Å². The number of nitrogens with zero attached hydrogens (tertiary/aromatic N) is 1. The second kappa shape index (κ2) is 8.79. The molecule has 0 atom stereocenters. The van der Waals surface area contributed by atoms with Crippen molar-refractivity contribution in [3.05, 3.63) is 35.4 Å². The molecule has 2 rings (SSSR count). The van der Waals surface area contributed by atoms with Crippen LogP contribution in [-0.4, -0.2) is 52.5 Å². The van der Waals surface area contributed by atoms with E-state index in [2.05, 4.69) is 5.32 Å². The van der Waals surface area contributed by atoms with Gasteiger partial charge in [-0.15, -0.1) is 0 Å². The molecule has 1 fully saturated rings. The van der Waals surface area contributed by atoms with Gasteiger partial charge in [-0.3, -0.25) is 19.3 Å². The topological polar surface area (TPSA) is 75.7 Å². The number of aryl methyl sites for hydroxylation is 1. The van der Waals surface area contributed by atoms with Gasteiger partial charge >= 0.3 is 5.97 Å². The highest BCUT2D eigenvalue weighted by Gasteiger charge is 2.25. The Kier molecular flexibility index (Phi) is 6.74. The van der Waals surface area contributed by atoms with Crippen LogP contribution >= 0.6 is 24.0 Å². The van der Waals surface area contributed by atoms with Crippen molar-refractivity contribution in [3.63, 3.8) is 0 Å². The van der Waals surface area contributed by atoms with Crippen LogP contribution in [0.25, 0.3) is 0 Å². The van der Waals surface area contributed by atoms with Crippen molar-refractivity contribution in [3.8, 4) is 0 Å². The molecular formula is C16H18N2O4S2. The Balaban J connectivity index is 1.66. The van der Waals surface area contributed by atoms with Gasteiger partial charge < -0.3 is 10.1 Å². The largest absolute Gasteiger partial charge is 0.455 e. The zero-order chi connectivity index (χ0) is 17.5. The normalized spacial score (nSPS) is 14.0. The van der Waals surface area contributed by atoms with Gasteiger partial charge in [-0.25, -0.2) is 0 Å². The Labute approximate surface area is 149 Å². The maximum Gasteiger partial charge on any atom is 0.310 e. The Bertz CT molecular complexity index is 647. The van der Waals surface area contributed by atoms with E-state index in [0.29, 0.717) is 16.6 Å². The van der Waals surface area contributed by atoms with E-state index >= 15 is 0 Å². The molecule has 1 saturated heterocycles. The fourth-order valence-electron chi connectivity index (χ4n) is 2.12. The summed E-state index contributed by atoms with van der Waals surface area (Å²) < 4.78 is 5.49. The van der Waals surface area contributed by atoms with E-state index in [-0.39, 0.29) is 25.5 Å². The van der Waals surface area contributed by atoms with Gasteiger partial charge in [0, 0.05) is 13.1 Å². The first kappa shape index (κ1) is 18.4. The van der Waals surface area contributed by atoms with E-state index < -0.39 is 11.9 Å². The Morgan fingerprint density at radius 3 is 2.79 bits per heavy atom. The fraction of sp³-hybridized carbons (Fsp3) is 0.375. The second-order valence-corrected chi connectivity index (χ2v) is 6.82. The van der Waals surface area contributed by atoms with Gasteiger partial charge in [-0.05, 0) is 18.1 Å². The number of nitrogens with one attached hydrogen (secondary N) is 1. The van der Waals surface area contributed by atoms with E-state index in [1.54, 1.807) is 0 Å². The van der Waals surface area contributed by atoms with E-state index in [4.69, 9.17) is 17.0 Å². The van der Waals surface area contributed by atoms with E-state index in [9.17, 15) is 14.4 Å². The monoisotopic (exact) mass is 366 g/mol. The first-order valence-corrected chi connectivity index (χ1v) is 8.80. The standard InChI is InChI=1S/C16H18N2O4S2/c1-11-4-2-3-5-12(11)8-15(21)22-9-13(19)17-6-7-18-14(20)10-24-16(18)23/h2-5H,6-10H2,1H3,(H,17,19). The van der Waals surface area contributed by atoms with Gasteiger partial charge in [0.1, 0.15) is 4.32 Å². The van der Waals surface area contributed by atoms with Crippen LogP contribution in [0.15, 0.2) is 24.3 Å². The molecule has 0 saturated carbocycles. The molecule has 0 unspecified atom stereocenters. The molecule has 2 amide bonds. The molecule has 0 bridgehead atoms. The molecule has 1 aliphatic rings. The summed E-state index contributed by atoms with van der Waals surface area (Å²) in [5.74, 6) is -0.558. The summed E-state index contributed by atoms with van der Waals surface area (Å²) in [6, 6.07) is 7.51. The maximum atomic E-state index is 11.8. The quantitative estimate of drug-likeness (QED) is 0.574. The van der Waals surface area contributed by atoms with E-state index in [1.165, 1.54) is 16.7 Å². The predicted octanol–water partition coefficient (Wildman–Crippen LogP) is 1.06. The predicted molar refractivity (Wildman–Crippen MR) is 95.6 cm³/mol. The fourth-order valence-corrected chi connectivity index (χ4v) is 3.24. The zero-order valence-corrected chi connectivity index (χ0v) is 14.9. The summed E-state index contributed by atoms with van der Waals surface area (Å²) in [6.07, 6.45) is 0.133. The van der Waals surface area contributed by atoms with Crippen LogP contribution in [0.5, 0.6) is 0 Å². The highest BCUT2D eigenvalue weighted by atomic mass is 32.2. The van der Waals surface area contributed by atoms with Crippen LogP contribution in [0.3, 0.4) is 0 Å². The summed E-state index contributed by atoms with van der Waals surface area (Å²) in [7, 11) is 0. The Morgan fingerprint density at radius 2 is 2.12 bits per heavy atom. The van der Waals surface area contributed by atoms with Gasteiger partial charge in [-0.1, -0.05) is 48.2 Å².